The zero-order chi connectivity index (χ0) is 19.0. The lowest BCUT2D eigenvalue weighted by molar-refractivity contribution is 0.102. The van der Waals surface area contributed by atoms with Crippen molar-refractivity contribution < 1.29 is 13.6 Å². The molecule has 4 aromatic rings. The van der Waals surface area contributed by atoms with Crippen LogP contribution in [-0.4, -0.2) is 27.1 Å². The van der Waals surface area contributed by atoms with Gasteiger partial charge in [0, 0.05) is 18.7 Å². The van der Waals surface area contributed by atoms with Crippen LogP contribution in [0.25, 0.3) is 22.7 Å². The van der Waals surface area contributed by atoms with Crippen LogP contribution in [0.5, 0.6) is 0 Å². The van der Waals surface area contributed by atoms with E-state index in [0.29, 0.717) is 45.0 Å². The highest BCUT2D eigenvalue weighted by Gasteiger charge is 2.20. The highest BCUT2D eigenvalue weighted by molar-refractivity contribution is 7.98. The van der Waals surface area contributed by atoms with Gasteiger partial charge in [0.2, 0.25) is 0 Å². The molecule has 0 aliphatic carbocycles. The molecule has 1 aromatic carbocycles. The number of furan rings is 1. The molecule has 0 aliphatic heterocycles. The van der Waals surface area contributed by atoms with Crippen molar-refractivity contribution >= 4 is 34.5 Å². The number of aryl methyl sites for hydroxylation is 2. The van der Waals surface area contributed by atoms with E-state index in [9.17, 15) is 4.79 Å². The zero-order valence-corrected chi connectivity index (χ0v) is 15.8. The van der Waals surface area contributed by atoms with Gasteiger partial charge in [0.15, 0.2) is 23.1 Å². The summed E-state index contributed by atoms with van der Waals surface area (Å²) in [6.07, 6.45) is 3.43. The van der Waals surface area contributed by atoms with Crippen molar-refractivity contribution in [1.82, 2.24) is 15.0 Å². The fraction of sp³-hybridized carbons (Fsp3) is 0.158. The monoisotopic (exact) mass is 380 g/mol. The van der Waals surface area contributed by atoms with E-state index in [-0.39, 0.29) is 5.91 Å². The number of hydrogen-bond donors (Lipinski definition) is 1. The summed E-state index contributed by atoms with van der Waals surface area (Å²) in [5, 5.41) is 3.47. The molecule has 4 rings (SSSR count). The summed E-state index contributed by atoms with van der Waals surface area (Å²) in [7, 11) is 0. The van der Waals surface area contributed by atoms with Gasteiger partial charge in [-0.2, -0.15) is 0 Å². The van der Waals surface area contributed by atoms with E-state index in [1.165, 1.54) is 11.8 Å². The van der Waals surface area contributed by atoms with Crippen molar-refractivity contribution in [3.8, 4) is 11.6 Å². The van der Waals surface area contributed by atoms with E-state index >= 15 is 0 Å². The molecule has 1 amide bonds. The number of aromatic nitrogens is 3. The average Bonchev–Trinajstić information content (AvgIpc) is 3.29. The van der Waals surface area contributed by atoms with Crippen LogP contribution in [0.15, 0.2) is 50.5 Å². The van der Waals surface area contributed by atoms with E-state index in [2.05, 4.69) is 20.3 Å². The summed E-state index contributed by atoms with van der Waals surface area (Å²) < 4.78 is 10.9. The third-order valence-electron chi connectivity index (χ3n) is 3.97. The molecule has 1 N–H and O–H groups in total. The Labute approximate surface area is 159 Å². The Morgan fingerprint density at radius 1 is 1.15 bits per heavy atom. The second-order valence-corrected chi connectivity index (χ2v) is 6.66. The summed E-state index contributed by atoms with van der Waals surface area (Å²) in [6.45, 7) is 3.57. The van der Waals surface area contributed by atoms with Crippen LogP contribution in [-0.2, 0) is 0 Å². The number of carbonyl (C=O) groups is 1. The van der Waals surface area contributed by atoms with Gasteiger partial charge >= 0.3 is 0 Å². The molecule has 0 atom stereocenters. The Morgan fingerprint density at radius 3 is 2.74 bits per heavy atom. The normalized spacial score (nSPS) is 11.1. The molecule has 8 heteroatoms. The van der Waals surface area contributed by atoms with Crippen molar-refractivity contribution in [1.29, 1.82) is 0 Å². The van der Waals surface area contributed by atoms with Crippen LogP contribution in [0.3, 0.4) is 0 Å². The fourth-order valence-corrected chi connectivity index (χ4v) is 3.41. The molecule has 27 heavy (non-hydrogen) atoms. The van der Waals surface area contributed by atoms with Crippen molar-refractivity contribution in [2.75, 3.05) is 11.6 Å². The first-order valence-electron chi connectivity index (χ1n) is 8.20. The van der Waals surface area contributed by atoms with Crippen LogP contribution < -0.4 is 5.32 Å². The van der Waals surface area contributed by atoms with Crippen LogP contribution >= 0.6 is 11.8 Å². The Kier molecular flexibility index (Phi) is 4.41. The van der Waals surface area contributed by atoms with Gasteiger partial charge < -0.3 is 14.2 Å². The molecular formula is C19H16N4O3S. The lowest BCUT2D eigenvalue weighted by Crippen LogP contribution is -2.16. The number of thioether (sulfide) groups is 1. The van der Waals surface area contributed by atoms with Gasteiger partial charge in [-0.1, -0.05) is 0 Å². The summed E-state index contributed by atoms with van der Waals surface area (Å²) in [6, 6.07) is 8.90. The van der Waals surface area contributed by atoms with Gasteiger partial charge in [-0.05, 0) is 37.4 Å². The number of nitrogens with one attached hydrogen (secondary N) is 1. The summed E-state index contributed by atoms with van der Waals surface area (Å²) in [5.41, 5.74) is 3.00. The van der Waals surface area contributed by atoms with E-state index in [0.717, 1.165) is 5.52 Å². The SMILES string of the molecule is CSc1nc(-c2ccco2)nc(C)c1C(=O)Nc1ccc2nc(C)oc2c1. The molecule has 0 unspecified atom stereocenters. The summed E-state index contributed by atoms with van der Waals surface area (Å²) in [4.78, 5) is 26.0. The Bertz CT molecular complexity index is 1140. The lowest BCUT2D eigenvalue weighted by atomic mass is 10.2. The largest absolute Gasteiger partial charge is 0.461 e. The number of hydrogen-bond acceptors (Lipinski definition) is 7. The Hall–Kier alpha value is -3.13. The molecule has 3 heterocycles. The van der Waals surface area contributed by atoms with Crippen molar-refractivity contribution in [3.63, 3.8) is 0 Å². The predicted octanol–water partition coefficient (Wildman–Crippen LogP) is 4.47. The first-order chi connectivity index (χ1) is 13.0. The fourth-order valence-electron chi connectivity index (χ4n) is 2.78. The van der Waals surface area contributed by atoms with Gasteiger partial charge in [-0.15, -0.1) is 11.8 Å². The zero-order valence-electron chi connectivity index (χ0n) is 14.9. The maximum atomic E-state index is 12.9. The molecular weight excluding hydrogens is 364 g/mol. The Morgan fingerprint density at radius 2 is 2.00 bits per heavy atom. The number of rotatable bonds is 4. The van der Waals surface area contributed by atoms with E-state index in [1.54, 1.807) is 50.4 Å². The summed E-state index contributed by atoms with van der Waals surface area (Å²) in [5.74, 6) is 1.32. The van der Waals surface area contributed by atoms with Crippen LogP contribution in [0.2, 0.25) is 0 Å². The topological polar surface area (TPSA) is 94.0 Å². The standard InChI is InChI=1S/C19H16N4O3S/c1-10-16(19(27-3)23-17(20-10)14-5-4-8-25-14)18(24)22-12-6-7-13-15(9-12)26-11(2)21-13/h4-9H,1-3H3,(H,22,24). The second-order valence-electron chi connectivity index (χ2n) is 5.86. The molecule has 0 spiro atoms. The van der Waals surface area contributed by atoms with Crippen molar-refractivity contribution in [3.05, 3.63) is 53.7 Å². The van der Waals surface area contributed by atoms with Crippen molar-refractivity contribution in [2.24, 2.45) is 0 Å². The van der Waals surface area contributed by atoms with E-state index < -0.39 is 0 Å². The van der Waals surface area contributed by atoms with Crippen molar-refractivity contribution in [2.45, 2.75) is 18.9 Å². The number of anilines is 1. The van der Waals surface area contributed by atoms with Gasteiger partial charge in [0.1, 0.15) is 10.5 Å². The smallest absolute Gasteiger partial charge is 0.260 e. The second kappa shape index (κ2) is 6.88. The third-order valence-corrected chi connectivity index (χ3v) is 4.65. The molecule has 7 nitrogen and oxygen atoms in total. The molecule has 3 aromatic heterocycles. The molecule has 136 valence electrons. The number of oxazole rings is 1. The maximum absolute atomic E-state index is 12.9. The molecule has 0 aliphatic rings. The number of amides is 1. The molecule has 0 radical (unpaired) electrons. The minimum atomic E-state index is -0.279. The van der Waals surface area contributed by atoms with Crippen LogP contribution in [0, 0.1) is 13.8 Å². The van der Waals surface area contributed by atoms with Crippen LogP contribution in [0.1, 0.15) is 21.9 Å². The number of benzene rings is 1. The predicted molar refractivity (Wildman–Crippen MR) is 103 cm³/mol. The minimum absolute atomic E-state index is 0.279. The molecule has 0 saturated heterocycles. The highest BCUT2D eigenvalue weighted by atomic mass is 32.2. The first-order valence-corrected chi connectivity index (χ1v) is 9.42. The van der Waals surface area contributed by atoms with Gasteiger partial charge in [0.25, 0.3) is 5.91 Å². The molecule has 0 saturated carbocycles. The number of carbonyl (C=O) groups excluding carboxylic acids is 1. The average molecular weight is 380 g/mol. The van der Waals surface area contributed by atoms with Gasteiger partial charge in [-0.3, -0.25) is 4.79 Å². The lowest BCUT2D eigenvalue weighted by Gasteiger charge is -2.11. The molecule has 0 bridgehead atoms. The van der Waals surface area contributed by atoms with E-state index in [4.69, 9.17) is 8.83 Å². The Balaban J connectivity index is 1.67. The maximum Gasteiger partial charge on any atom is 0.260 e. The quantitative estimate of drug-likeness (QED) is 0.412. The first kappa shape index (κ1) is 17.3. The van der Waals surface area contributed by atoms with Crippen LogP contribution in [0.4, 0.5) is 5.69 Å². The number of nitrogens with zero attached hydrogens (tertiary/aromatic N) is 3. The van der Waals surface area contributed by atoms with E-state index in [1.807, 2.05) is 6.26 Å². The minimum Gasteiger partial charge on any atom is -0.461 e. The third kappa shape index (κ3) is 3.31. The molecule has 0 fully saturated rings. The van der Waals surface area contributed by atoms with Gasteiger partial charge in [0.05, 0.1) is 17.5 Å². The highest BCUT2D eigenvalue weighted by Crippen LogP contribution is 2.26. The summed E-state index contributed by atoms with van der Waals surface area (Å²) >= 11 is 1.38. The number of fused-ring (bicyclic) bond motifs is 1. The van der Waals surface area contributed by atoms with Gasteiger partial charge in [-0.25, -0.2) is 15.0 Å².